The average molecular weight is 276 g/mol. The predicted octanol–water partition coefficient (Wildman–Crippen LogP) is 3.15. The van der Waals surface area contributed by atoms with E-state index in [1.807, 2.05) is 32.0 Å². The van der Waals surface area contributed by atoms with E-state index in [1.165, 1.54) is 4.88 Å². The van der Waals surface area contributed by atoms with Gasteiger partial charge in [0.05, 0.1) is 12.3 Å². The van der Waals surface area contributed by atoms with Crippen LogP contribution in [0.4, 0.5) is 0 Å². The number of hydrogen-bond donors (Lipinski definition) is 2. The molecular weight excluding hydrogens is 256 g/mol. The molecule has 19 heavy (non-hydrogen) atoms. The molecule has 0 fully saturated rings. The van der Waals surface area contributed by atoms with Gasteiger partial charge in [-0.25, -0.2) is 4.98 Å². The number of rotatable bonds is 5. The van der Waals surface area contributed by atoms with Crippen molar-refractivity contribution in [2.45, 2.75) is 32.9 Å². The van der Waals surface area contributed by atoms with Gasteiger partial charge in [0.2, 0.25) is 0 Å². The molecule has 0 spiro atoms. The second kappa shape index (κ2) is 6.28. The van der Waals surface area contributed by atoms with E-state index in [9.17, 15) is 0 Å². The van der Waals surface area contributed by atoms with Gasteiger partial charge in [-0.15, -0.1) is 11.3 Å². The summed E-state index contributed by atoms with van der Waals surface area (Å²) in [5.41, 5.74) is 2.22. The molecule has 2 N–H and O–H groups in total. The minimum absolute atomic E-state index is 0.0941. The fraction of sp³-hybridized carbons (Fsp3) is 0.400. The zero-order valence-corrected chi connectivity index (χ0v) is 12.4. The summed E-state index contributed by atoms with van der Waals surface area (Å²) in [6, 6.07) is 10.5. The van der Waals surface area contributed by atoms with Crippen LogP contribution in [0.5, 0.6) is 0 Å². The highest BCUT2D eigenvalue weighted by Gasteiger charge is 2.16. The van der Waals surface area contributed by atoms with Crippen molar-refractivity contribution in [2.24, 2.45) is 0 Å². The molecule has 2 atom stereocenters. The molecule has 2 aromatic rings. The zero-order chi connectivity index (χ0) is 13.8. The Labute approximate surface area is 118 Å². The second-order valence-corrected chi connectivity index (χ2v) is 5.84. The molecule has 0 bridgehead atoms. The smallest absolute Gasteiger partial charge is 0.123 e. The molecule has 0 radical (unpaired) electrons. The lowest BCUT2D eigenvalue weighted by atomic mass is 10.2. The van der Waals surface area contributed by atoms with Crippen molar-refractivity contribution < 1.29 is 5.11 Å². The third-order valence-corrected chi connectivity index (χ3v) is 4.44. The van der Waals surface area contributed by atoms with Gasteiger partial charge in [-0.1, -0.05) is 30.3 Å². The van der Waals surface area contributed by atoms with Gasteiger partial charge in [0.15, 0.2) is 0 Å². The van der Waals surface area contributed by atoms with Crippen LogP contribution in [-0.4, -0.2) is 22.7 Å². The van der Waals surface area contributed by atoms with Crippen LogP contribution in [0.2, 0.25) is 0 Å². The number of aromatic nitrogens is 1. The van der Waals surface area contributed by atoms with E-state index >= 15 is 0 Å². The summed E-state index contributed by atoms with van der Waals surface area (Å²) < 4.78 is 0. The quantitative estimate of drug-likeness (QED) is 0.882. The summed E-state index contributed by atoms with van der Waals surface area (Å²) in [5, 5.41) is 13.5. The monoisotopic (exact) mass is 276 g/mol. The third-order valence-electron chi connectivity index (χ3n) is 3.05. The van der Waals surface area contributed by atoms with E-state index in [4.69, 9.17) is 5.11 Å². The summed E-state index contributed by atoms with van der Waals surface area (Å²) >= 11 is 1.72. The predicted molar refractivity (Wildman–Crippen MR) is 80.4 cm³/mol. The first-order valence-corrected chi connectivity index (χ1v) is 7.33. The summed E-state index contributed by atoms with van der Waals surface area (Å²) in [7, 11) is 0. The molecule has 0 saturated heterocycles. The normalized spacial score (nSPS) is 14.3. The molecule has 102 valence electrons. The van der Waals surface area contributed by atoms with Crippen molar-refractivity contribution in [3.8, 4) is 10.6 Å². The molecule has 1 aromatic carbocycles. The Hall–Kier alpha value is -1.23. The van der Waals surface area contributed by atoms with Crippen LogP contribution in [0.3, 0.4) is 0 Å². The van der Waals surface area contributed by atoms with Crippen LogP contribution in [0.25, 0.3) is 10.6 Å². The maximum absolute atomic E-state index is 9.11. The fourth-order valence-corrected chi connectivity index (χ4v) is 3.15. The average Bonchev–Trinajstić information content (AvgIpc) is 2.81. The van der Waals surface area contributed by atoms with E-state index in [0.29, 0.717) is 0 Å². The number of nitrogens with zero attached hydrogens (tertiary/aromatic N) is 1. The number of benzene rings is 1. The van der Waals surface area contributed by atoms with Crippen molar-refractivity contribution in [3.05, 3.63) is 40.9 Å². The van der Waals surface area contributed by atoms with Crippen LogP contribution in [-0.2, 0) is 0 Å². The van der Waals surface area contributed by atoms with Crippen molar-refractivity contribution in [2.75, 3.05) is 6.61 Å². The van der Waals surface area contributed by atoms with Crippen LogP contribution in [0, 0.1) is 6.92 Å². The van der Waals surface area contributed by atoms with Gasteiger partial charge in [-0.3, -0.25) is 0 Å². The Bertz CT molecular complexity index is 524. The molecule has 1 heterocycles. The standard InChI is InChI=1S/C15H20N2OS/c1-10(9-18)16-11(2)14-12(3)17-15(19-14)13-7-5-4-6-8-13/h4-8,10-11,16,18H,9H2,1-3H3/t10-,11?/m1/s1. The lowest BCUT2D eigenvalue weighted by Gasteiger charge is -2.17. The largest absolute Gasteiger partial charge is 0.395 e. The number of aliphatic hydroxyl groups is 1. The molecular formula is C15H20N2OS. The highest BCUT2D eigenvalue weighted by Crippen LogP contribution is 2.31. The second-order valence-electron chi connectivity index (χ2n) is 4.81. The van der Waals surface area contributed by atoms with E-state index in [2.05, 4.69) is 29.4 Å². The molecule has 0 aliphatic heterocycles. The molecule has 1 aromatic heterocycles. The number of thiazole rings is 1. The van der Waals surface area contributed by atoms with Crippen molar-refractivity contribution in [1.82, 2.24) is 10.3 Å². The van der Waals surface area contributed by atoms with E-state index in [-0.39, 0.29) is 18.7 Å². The van der Waals surface area contributed by atoms with Gasteiger partial charge in [0, 0.05) is 22.5 Å². The fourth-order valence-electron chi connectivity index (χ4n) is 2.07. The summed E-state index contributed by atoms with van der Waals surface area (Å²) in [4.78, 5) is 5.89. The van der Waals surface area contributed by atoms with Crippen LogP contribution < -0.4 is 5.32 Å². The Morgan fingerprint density at radius 3 is 2.58 bits per heavy atom. The first-order valence-electron chi connectivity index (χ1n) is 6.51. The minimum Gasteiger partial charge on any atom is -0.395 e. The Morgan fingerprint density at radius 1 is 1.26 bits per heavy atom. The lowest BCUT2D eigenvalue weighted by Crippen LogP contribution is -2.31. The van der Waals surface area contributed by atoms with Crippen molar-refractivity contribution >= 4 is 11.3 Å². The maximum Gasteiger partial charge on any atom is 0.123 e. The molecule has 0 saturated carbocycles. The molecule has 0 aliphatic carbocycles. The molecule has 0 amide bonds. The minimum atomic E-state index is 0.0941. The number of aliphatic hydroxyl groups excluding tert-OH is 1. The Morgan fingerprint density at radius 2 is 1.95 bits per heavy atom. The Kier molecular flexibility index (Phi) is 4.69. The van der Waals surface area contributed by atoms with Crippen molar-refractivity contribution in [1.29, 1.82) is 0 Å². The summed E-state index contributed by atoms with van der Waals surface area (Å²) in [6.45, 7) is 6.28. The van der Waals surface area contributed by atoms with Gasteiger partial charge in [-0.2, -0.15) is 0 Å². The molecule has 1 unspecified atom stereocenters. The lowest BCUT2D eigenvalue weighted by molar-refractivity contribution is 0.243. The summed E-state index contributed by atoms with van der Waals surface area (Å²) in [6.07, 6.45) is 0. The van der Waals surface area contributed by atoms with Crippen LogP contribution >= 0.6 is 11.3 Å². The molecule has 4 heteroatoms. The molecule has 0 aliphatic rings. The topological polar surface area (TPSA) is 45.2 Å². The van der Waals surface area contributed by atoms with Gasteiger partial charge >= 0.3 is 0 Å². The van der Waals surface area contributed by atoms with Gasteiger partial charge in [-0.05, 0) is 20.8 Å². The highest BCUT2D eigenvalue weighted by atomic mass is 32.1. The van der Waals surface area contributed by atoms with Gasteiger partial charge in [0.1, 0.15) is 5.01 Å². The van der Waals surface area contributed by atoms with Gasteiger partial charge in [0.25, 0.3) is 0 Å². The van der Waals surface area contributed by atoms with Gasteiger partial charge < -0.3 is 10.4 Å². The summed E-state index contributed by atoms with van der Waals surface area (Å²) in [5.74, 6) is 0. The highest BCUT2D eigenvalue weighted by molar-refractivity contribution is 7.15. The zero-order valence-electron chi connectivity index (χ0n) is 11.6. The van der Waals surface area contributed by atoms with E-state index in [1.54, 1.807) is 11.3 Å². The van der Waals surface area contributed by atoms with E-state index in [0.717, 1.165) is 16.3 Å². The number of nitrogens with one attached hydrogen (secondary N) is 1. The Balaban J connectivity index is 2.22. The van der Waals surface area contributed by atoms with Crippen LogP contribution in [0.15, 0.2) is 30.3 Å². The van der Waals surface area contributed by atoms with Crippen LogP contribution in [0.1, 0.15) is 30.5 Å². The number of hydrogen-bond acceptors (Lipinski definition) is 4. The molecule has 2 rings (SSSR count). The van der Waals surface area contributed by atoms with E-state index < -0.39 is 0 Å². The van der Waals surface area contributed by atoms with Crippen molar-refractivity contribution in [3.63, 3.8) is 0 Å². The molecule has 3 nitrogen and oxygen atoms in total. The SMILES string of the molecule is Cc1nc(-c2ccccc2)sc1C(C)N[C@H](C)CO. The first kappa shape index (κ1) is 14.2. The maximum atomic E-state index is 9.11. The third kappa shape index (κ3) is 3.41. The number of aryl methyl sites for hydroxylation is 1. The first-order chi connectivity index (χ1) is 9.11.